The van der Waals surface area contributed by atoms with Gasteiger partial charge < -0.3 is 15.2 Å². The molecule has 1 aromatic rings. The summed E-state index contributed by atoms with van der Waals surface area (Å²) < 4.78 is 5.55. The van der Waals surface area contributed by atoms with Crippen LogP contribution in [0.3, 0.4) is 0 Å². The number of nitrogens with two attached hydrogens (primary N) is 1. The zero-order chi connectivity index (χ0) is 15.8. The minimum atomic E-state index is -0.428. The lowest BCUT2D eigenvalue weighted by Crippen LogP contribution is -2.50. The van der Waals surface area contributed by atoms with Gasteiger partial charge in [0, 0.05) is 12.1 Å². The van der Waals surface area contributed by atoms with Gasteiger partial charge in [-0.15, -0.1) is 0 Å². The summed E-state index contributed by atoms with van der Waals surface area (Å²) in [5, 5.41) is 4.24. The molecule has 2 N–H and O–H groups in total. The highest BCUT2D eigenvalue weighted by molar-refractivity contribution is 5.12. The highest BCUT2D eigenvalue weighted by Crippen LogP contribution is 2.33. The minimum Gasteiger partial charge on any atom is -0.339 e. The molecule has 0 saturated carbocycles. The van der Waals surface area contributed by atoms with Gasteiger partial charge in [-0.3, -0.25) is 4.90 Å². The summed E-state index contributed by atoms with van der Waals surface area (Å²) >= 11 is 0. The van der Waals surface area contributed by atoms with Crippen molar-refractivity contribution < 1.29 is 4.52 Å². The van der Waals surface area contributed by atoms with Crippen LogP contribution in [-0.4, -0.2) is 59.2 Å². The Hall–Kier alpha value is -0.980. The lowest BCUT2D eigenvalue weighted by molar-refractivity contribution is 0.208. The van der Waals surface area contributed by atoms with E-state index in [1.807, 2.05) is 27.7 Å². The van der Waals surface area contributed by atoms with E-state index in [0.29, 0.717) is 5.89 Å². The van der Waals surface area contributed by atoms with Crippen molar-refractivity contribution in [2.24, 2.45) is 5.73 Å². The topological polar surface area (TPSA) is 71.4 Å². The Labute approximate surface area is 127 Å². The van der Waals surface area contributed by atoms with Crippen LogP contribution in [-0.2, 0) is 5.41 Å². The average molecular weight is 295 g/mol. The van der Waals surface area contributed by atoms with Crippen LogP contribution in [0.4, 0.5) is 0 Å². The van der Waals surface area contributed by atoms with Crippen LogP contribution in [0.1, 0.15) is 51.9 Å². The summed E-state index contributed by atoms with van der Waals surface area (Å²) in [7, 11) is 4.26. The molecule has 1 atom stereocenters. The van der Waals surface area contributed by atoms with E-state index in [9.17, 15) is 0 Å². The summed E-state index contributed by atoms with van der Waals surface area (Å²) in [6, 6.07) is 0.173. The van der Waals surface area contributed by atoms with E-state index < -0.39 is 5.54 Å². The predicted octanol–water partition coefficient (Wildman–Crippen LogP) is 1.39. The van der Waals surface area contributed by atoms with Gasteiger partial charge in [0.1, 0.15) is 0 Å². The maximum Gasteiger partial charge on any atom is 0.234 e. The van der Waals surface area contributed by atoms with Gasteiger partial charge in [0.15, 0.2) is 5.82 Å². The van der Waals surface area contributed by atoms with Crippen molar-refractivity contribution in [2.75, 3.05) is 33.7 Å². The minimum absolute atomic E-state index is 0.173. The number of likely N-dealkylation sites (N-methyl/N-ethyl adjacent to an activating group) is 2. The summed E-state index contributed by atoms with van der Waals surface area (Å²) in [5.41, 5.74) is 5.47. The van der Waals surface area contributed by atoms with Crippen LogP contribution in [0, 0.1) is 0 Å². The number of rotatable bonds is 3. The molecule has 2 heterocycles. The third-order valence-electron chi connectivity index (χ3n) is 4.95. The van der Waals surface area contributed by atoms with Gasteiger partial charge >= 0.3 is 0 Å². The van der Waals surface area contributed by atoms with Crippen molar-refractivity contribution in [3.63, 3.8) is 0 Å². The van der Waals surface area contributed by atoms with Gasteiger partial charge in [-0.1, -0.05) is 5.16 Å². The Morgan fingerprint density at radius 3 is 2.48 bits per heavy atom. The summed E-state index contributed by atoms with van der Waals surface area (Å²) in [5.74, 6) is 1.38. The molecule has 0 aromatic carbocycles. The molecule has 1 aromatic heterocycles. The van der Waals surface area contributed by atoms with Gasteiger partial charge in [-0.25, -0.2) is 0 Å². The van der Waals surface area contributed by atoms with Gasteiger partial charge in [-0.2, -0.15) is 4.98 Å². The fourth-order valence-corrected chi connectivity index (χ4v) is 2.45. The molecule has 0 bridgehead atoms. The first-order valence-electron chi connectivity index (χ1n) is 7.64. The summed E-state index contributed by atoms with van der Waals surface area (Å²) in [4.78, 5) is 9.30. The Morgan fingerprint density at radius 2 is 1.86 bits per heavy atom. The van der Waals surface area contributed by atoms with Crippen molar-refractivity contribution in [1.29, 1.82) is 0 Å². The first-order valence-corrected chi connectivity index (χ1v) is 7.64. The molecule has 0 spiro atoms. The van der Waals surface area contributed by atoms with E-state index >= 15 is 0 Å². The molecule has 120 valence electrons. The molecule has 1 unspecified atom stereocenters. The fraction of sp³-hybridized carbons (Fsp3) is 0.867. The number of aromatic nitrogens is 2. The first-order chi connectivity index (χ1) is 9.63. The van der Waals surface area contributed by atoms with Crippen molar-refractivity contribution in [2.45, 2.75) is 51.1 Å². The first kappa shape index (κ1) is 16.4. The second-order valence-corrected chi connectivity index (χ2v) is 7.42. The largest absolute Gasteiger partial charge is 0.339 e. The second-order valence-electron chi connectivity index (χ2n) is 7.42. The van der Waals surface area contributed by atoms with Crippen LogP contribution >= 0.6 is 0 Å². The maximum absolute atomic E-state index is 6.26. The molecular weight excluding hydrogens is 266 g/mol. The Bertz CT molecular complexity index is 477. The normalized spacial score (nSPS) is 23.3. The molecule has 1 aliphatic heterocycles. The van der Waals surface area contributed by atoms with E-state index in [1.165, 1.54) is 0 Å². The number of hydrogen-bond donors (Lipinski definition) is 1. The maximum atomic E-state index is 6.26. The van der Waals surface area contributed by atoms with Crippen LogP contribution in [0.5, 0.6) is 0 Å². The van der Waals surface area contributed by atoms with Gasteiger partial charge in [-0.05, 0) is 61.3 Å². The molecule has 21 heavy (non-hydrogen) atoms. The molecule has 1 fully saturated rings. The van der Waals surface area contributed by atoms with Crippen molar-refractivity contribution in [3.8, 4) is 0 Å². The Morgan fingerprint density at radius 1 is 1.19 bits per heavy atom. The second kappa shape index (κ2) is 5.66. The van der Waals surface area contributed by atoms with Crippen LogP contribution in [0.2, 0.25) is 0 Å². The molecule has 6 nitrogen and oxygen atoms in total. The number of nitrogens with zero attached hydrogens (tertiary/aromatic N) is 4. The number of hydrogen-bond acceptors (Lipinski definition) is 6. The standard InChI is InChI=1S/C15H29N5O/c1-14(2,15(3,4)16)13-17-12(18-21-13)11-10-19(5)8-7-9-20(11)6/h11H,7-10,16H2,1-6H3. The molecule has 1 aliphatic rings. The summed E-state index contributed by atoms with van der Waals surface area (Å²) in [6.07, 6.45) is 1.16. The molecule has 0 aliphatic carbocycles. The predicted molar refractivity (Wildman–Crippen MR) is 83.1 cm³/mol. The molecule has 0 radical (unpaired) electrons. The van der Waals surface area contributed by atoms with Crippen LogP contribution in [0.25, 0.3) is 0 Å². The molecular formula is C15H29N5O. The van der Waals surface area contributed by atoms with Gasteiger partial charge in [0.2, 0.25) is 5.89 Å². The van der Waals surface area contributed by atoms with Crippen LogP contribution < -0.4 is 5.73 Å². The SMILES string of the molecule is CN1CCCN(C)C(c2noc(C(C)(C)C(C)(C)N)n2)C1. The molecule has 1 saturated heterocycles. The smallest absolute Gasteiger partial charge is 0.234 e. The average Bonchev–Trinajstić information content (AvgIpc) is 2.78. The van der Waals surface area contributed by atoms with Crippen molar-refractivity contribution in [3.05, 3.63) is 11.7 Å². The van der Waals surface area contributed by atoms with E-state index in [-0.39, 0.29) is 11.5 Å². The van der Waals surface area contributed by atoms with E-state index in [0.717, 1.165) is 31.9 Å². The lowest BCUT2D eigenvalue weighted by atomic mass is 9.75. The third-order valence-corrected chi connectivity index (χ3v) is 4.95. The monoisotopic (exact) mass is 295 g/mol. The highest BCUT2D eigenvalue weighted by Gasteiger charge is 2.41. The fourth-order valence-electron chi connectivity index (χ4n) is 2.45. The van der Waals surface area contributed by atoms with Crippen LogP contribution in [0.15, 0.2) is 4.52 Å². The van der Waals surface area contributed by atoms with Gasteiger partial charge in [0.25, 0.3) is 0 Å². The quantitative estimate of drug-likeness (QED) is 0.908. The van der Waals surface area contributed by atoms with Crippen molar-refractivity contribution >= 4 is 0 Å². The third kappa shape index (κ3) is 3.27. The molecule has 0 amide bonds. The zero-order valence-electron chi connectivity index (χ0n) is 14.2. The van der Waals surface area contributed by atoms with E-state index in [1.54, 1.807) is 0 Å². The molecule has 2 rings (SSSR count). The van der Waals surface area contributed by atoms with Gasteiger partial charge in [0.05, 0.1) is 11.5 Å². The highest BCUT2D eigenvalue weighted by atomic mass is 16.5. The zero-order valence-corrected chi connectivity index (χ0v) is 14.2. The van der Waals surface area contributed by atoms with E-state index in [2.05, 4.69) is 34.0 Å². The Balaban J connectivity index is 2.26. The summed E-state index contributed by atoms with van der Waals surface area (Å²) in [6.45, 7) is 11.1. The lowest BCUT2D eigenvalue weighted by Gasteiger charge is -2.34. The van der Waals surface area contributed by atoms with E-state index in [4.69, 9.17) is 10.3 Å². The Kier molecular flexibility index (Phi) is 4.42. The van der Waals surface area contributed by atoms with Crippen molar-refractivity contribution in [1.82, 2.24) is 19.9 Å². The molecule has 6 heteroatoms.